The van der Waals surface area contributed by atoms with E-state index in [0.717, 1.165) is 24.5 Å². The van der Waals surface area contributed by atoms with Gasteiger partial charge in [-0.25, -0.2) is 4.98 Å². The Morgan fingerprint density at radius 3 is 3.14 bits per heavy atom. The number of nitrogens with one attached hydrogen (secondary N) is 1. The average molecular weight is 206 g/mol. The number of rotatable bonds is 4. The molecule has 0 radical (unpaired) electrons. The van der Waals surface area contributed by atoms with Crippen molar-refractivity contribution < 1.29 is 0 Å². The van der Waals surface area contributed by atoms with Gasteiger partial charge in [0.1, 0.15) is 5.82 Å². The third kappa shape index (κ3) is 2.50. The van der Waals surface area contributed by atoms with E-state index in [4.69, 9.17) is 0 Å². The van der Waals surface area contributed by atoms with Gasteiger partial charge in [0.25, 0.3) is 0 Å². The molecule has 0 aliphatic carbocycles. The van der Waals surface area contributed by atoms with Crippen LogP contribution in [0.3, 0.4) is 0 Å². The molecule has 72 valence electrons. The molecule has 0 saturated heterocycles. The Labute approximate surface area is 86.0 Å². The van der Waals surface area contributed by atoms with E-state index in [-0.39, 0.29) is 0 Å². The van der Waals surface area contributed by atoms with E-state index in [9.17, 15) is 0 Å². The van der Waals surface area contributed by atoms with Crippen LogP contribution in [-0.4, -0.2) is 21.7 Å². The first-order chi connectivity index (χ1) is 6.95. The molecule has 5 heteroatoms. The van der Waals surface area contributed by atoms with E-state index in [1.54, 1.807) is 17.5 Å². The van der Waals surface area contributed by atoms with Crippen LogP contribution < -0.4 is 5.32 Å². The fourth-order valence-electron chi connectivity index (χ4n) is 1.08. The van der Waals surface area contributed by atoms with Gasteiger partial charge in [-0.15, -0.1) is 16.4 Å². The molecule has 0 saturated carbocycles. The van der Waals surface area contributed by atoms with Crippen LogP contribution in [0.1, 0.15) is 5.69 Å². The van der Waals surface area contributed by atoms with Gasteiger partial charge in [0.2, 0.25) is 0 Å². The van der Waals surface area contributed by atoms with Gasteiger partial charge in [0.05, 0.1) is 11.2 Å². The van der Waals surface area contributed by atoms with E-state index in [1.807, 2.05) is 17.6 Å². The maximum atomic E-state index is 4.19. The van der Waals surface area contributed by atoms with Crippen LogP contribution in [0.5, 0.6) is 0 Å². The van der Waals surface area contributed by atoms with Crippen molar-refractivity contribution in [1.82, 2.24) is 15.2 Å². The van der Waals surface area contributed by atoms with Crippen LogP contribution in [0.15, 0.2) is 29.2 Å². The highest BCUT2D eigenvalue weighted by molar-refractivity contribution is 7.07. The first kappa shape index (κ1) is 9.08. The lowest BCUT2D eigenvalue weighted by atomic mass is 10.3. The normalized spacial score (nSPS) is 10.0. The summed E-state index contributed by atoms with van der Waals surface area (Å²) in [4.78, 5) is 4.19. The summed E-state index contributed by atoms with van der Waals surface area (Å²) >= 11 is 1.62. The summed E-state index contributed by atoms with van der Waals surface area (Å²) < 4.78 is 0. The Balaban J connectivity index is 1.79. The molecule has 1 N–H and O–H groups in total. The fourth-order valence-corrected chi connectivity index (χ4v) is 1.67. The minimum Gasteiger partial charge on any atom is -0.368 e. The Kier molecular flexibility index (Phi) is 3.03. The molecule has 2 rings (SSSR count). The monoisotopic (exact) mass is 206 g/mol. The highest BCUT2D eigenvalue weighted by Gasteiger charge is 1.95. The summed E-state index contributed by atoms with van der Waals surface area (Å²) in [6.45, 7) is 0.836. The molecular weight excluding hydrogens is 196 g/mol. The number of hydrogen-bond donors (Lipinski definition) is 1. The van der Waals surface area contributed by atoms with Crippen LogP contribution in [-0.2, 0) is 6.42 Å². The van der Waals surface area contributed by atoms with Crippen molar-refractivity contribution in [2.75, 3.05) is 11.9 Å². The van der Waals surface area contributed by atoms with E-state index in [1.165, 1.54) is 0 Å². The van der Waals surface area contributed by atoms with Gasteiger partial charge in [-0.05, 0) is 12.1 Å². The number of nitrogens with zero attached hydrogens (tertiary/aromatic N) is 3. The molecule has 0 aromatic carbocycles. The van der Waals surface area contributed by atoms with Gasteiger partial charge < -0.3 is 5.32 Å². The van der Waals surface area contributed by atoms with Crippen molar-refractivity contribution in [3.8, 4) is 0 Å². The van der Waals surface area contributed by atoms with E-state index >= 15 is 0 Å². The molecule has 2 heterocycles. The second-order valence-corrected chi connectivity index (χ2v) is 3.48. The number of hydrogen-bond acceptors (Lipinski definition) is 5. The summed E-state index contributed by atoms with van der Waals surface area (Å²) in [5.74, 6) is 0.808. The van der Waals surface area contributed by atoms with Crippen molar-refractivity contribution in [2.24, 2.45) is 0 Å². The molecule has 4 nitrogen and oxygen atoms in total. The number of aromatic nitrogens is 3. The molecule has 0 unspecified atom stereocenters. The first-order valence-corrected chi connectivity index (χ1v) is 5.28. The van der Waals surface area contributed by atoms with Crippen molar-refractivity contribution in [3.05, 3.63) is 34.9 Å². The highest BCUT2D eigenvalue weighted by atomic mass is 32.1. The Morgan fingerprint density at radius 2 is 2.43 bits per heavy atom. The lowest BCUT2D eigenvalue weighted by Crippen LogP contribution is -2.06. The van der Waals surface area contributed by atoms with E-state index < -0.39 is 0 Å². The molecule has 0 spiro atoms. The SMILES string of the molecule is c1cnnc(NCCc2cscn2)c1. The minimum atomic E-state index is 0.808. The maximum Gasteiger partial charge on any atom is 0.148 e. The number of anilines is 1. The molecule has 0 aliphatic heterocycles. The summed E-state index contributed by atoms with van der Waals surface area (Å²) in [5, 5.41) is 12.9. The zero-order valence-electron chi connectivity index (χ0n) is 7.55. The van der Waals surface area contributed by atoms with Crippen LogP contribution in [0, 0.1) is 0 Å². The zero-order chi connectivity index (χ0) is 9.64. The quantitative estimate of drug-likeness (QED) is 0.825. The molecular formula is C9H10N4S. The third-order valence-corrected chi connectivity index (χ3v) is 2.38. The Bertz CT molecular complexity index is 360. The molecule has 2 aromatic heterocycles. The zero-order valence-corrected chi connectivity index (χ0v) is 8.37. The molecule has 14 heavy (non-hydrogen) atoms. The first-order valence-electron chi connectivity index (χ1n) is 4.34. The van der Waals surface area contributed by atoms with Crippen LogP contribution >= 0.6 is 11.3 Å². The lowest BCUT2D eigenvalue weighted by molar-refractivity contribution is 0.945. The van der Waals surface area contributed by atoms with Crippen molar-refractivity contribution in [1.29, 1.82) is 0 Å². The van der Waals surface area contributed by atoms with Crippen LogP contribution in [0.25, 0.3) is 0 Å². The topological polar surface area (TPSA) is 50.7 Å². The second kappa shape index (κ2) is 4.66. The van der Waals surface area contributed by atoms with Crippen LogP contribution in [0.2, 0.25) is 0 Å². The fraction of sp³-hybridized carbons (Fsp3) is 0.222. The summed E-state index contributed by atoms with van der Waals surface area (Å²) in [5.41, 5.74) is 2.96. The van der Waals surface area contributed by atoms with Gasteiger partial charge in [-0.2, -0.15) is 5.10 Å². The van der Waals surface area contributed by atoms with E-state index in [2.05, 4.69) is 25.9 Å². The molecule has 0 aliphatic rings. The van der Waals surface area contributed by atoms with Gasteiger partial charge >= 0.3 is 0 Å². The van der Waals surface area contributed by atoms with Gasteiger partial charge in [-0.3, -0.25) is 0 Å². The average Bonchev–Trinajstić information content (AvgIpc) is 2.72. The van der Waals surface area contributed by atoms with Crippen LogP contribution in [0.4, 0.5) is 5.82 Å². The molecule has 0 amide bonds. The second-order valence-electron chi connectivity index (χ2n) is 2.77. The third-order valence-electron chi connectivity index (χ3n) is 1.74. The van der Waals surface area contributed by atoms with Crippen molar-refractivity contribution >= 4 is 17.2 Å². The van der Waals surface area contributed by atoms with Crippen molar-refractivity contribution in [3.63, 3.8) is 0 Å². The standard InChI is InChI=1S/C9H10N4S/c1-2-9(13-12-4-1)10-5-3-8-6-14-7-11-8/h1-2,4,6-7H,3,5H2,(H,10,13). The van der Waals surface area contributed by atoms with E-state index in [0.29, 0.717) is 0 Å². The molecule has 2 aromatic rings. The van der Waals surface area contributed by atoms with Crippen molar-refractivity contribution in [2.45, 2.75) is 6.42 Å². The summed E-state index contributed by atoms with van der Waals surface area (Å²) in [6.07, 6.45) is 2.58. The summed E-state index contributed by atoms with van der Waals surface area (Å²) in [7, 11) is 0. The Hall–Kier alpha value is -1.49. The predicted molar refractivity (Wildman–Crippen MR) is 56.3 cm³/mol. The number of thiazole rings is 1. The molecule has 0 atom stereocenters. The maximum absolute atomic E-state index is 4.19. The van der Waals surface area contributed by atoms with Gasteiger partial charge in [0.15, 0.2) is 0 Å². The molecule has 0 fully saturated rings. The lowest BCUT2D eigenvalue weighted by Gasteiger charge is -2.01. The van der Waals surface area contributed by atoms with Gasteiger partial charge in [0, 0.05) is 24.5 Å². The predicted octanol–water partition coefficient (Wildman–Crippen LogP) is 1.59. The smallest absolute Gasteiger partial charge is 0.148 e. The summed E-state index contributed by atoms with van der Waals surface area (Å²) in [6, 6.07) is 3.76. The minimum absolute atomic E-state index is 0.808. The highest BCUT2D eigenvalue weighted by Crippen LogP contribution is 2.03. The molecule has 0 bridgehead atoms. The largest absolute Gasteiger partial charge is 0.368 e. The Morgan fingerprint density at radius 1 is 1.43 bits per heavy atom. The van der Waals surface area contributed by atoms with Gasteiger partial charge in [-0.1, -0.05) is 0 Å².